The van der Waals surface area contributed by atoms with Crippen molar-refractivity contribution in [2.75, 3.05) is 0 Å². The lowest BCUT2D eigenvalue weighted by molar-refractivity contribution is -0.120. The fourth-order valence-electron chi connectivity index (χ4n) is 1.48. The van der Waals surface area contributed by atoms with Gasteiger partial charge in [0.05, 0.1) is 13.0 Å². The lowest BCUT2D eigenvalue weighted by atomic mass is 10.1. The number of benzene rings is 1. The Kier molecular flexibility index (Phi) is 3.66. The van der Waals surface area contributed by atoms with Crippen molar-refractivity contribution in [1.29, 1.82) is 0 Å². The maximum Gasteiger partial charge on any atom is 0.224 e. The van der Waals surface area contributed by atoms with Crippen molar-refractivity contribution in [2.24, 2.45) is 0 Å². The molecular weight excluding hydrogens is 240 g/mol. The van der Waals surface area contributed by atoms with Crippen molar-refractivity contribution in [1.82, 2.24) is 15.3 Å². The fraction of sp³-hybridized carbons (Fsp3) is 0.167. The molecule has 94 valence electrons. The number of amides is 1. The smallest absolute Gasteiger partial charge is 0.224 e. The Hall–Kier alpha value is -2.24. The molecule has 0 aliphatic heterocycles. The van der Waals surface area contributed by atoms with Crippen LogP contribution in [0.5, 0.6) is 0 Å². The number of aromatic amines is 1. The van der Waals surface area contributed by atoms with Gasteiger partial charge in [0.15, 0.2) is 0 Å². The quantitative estimate of drug-likeness (QED) is 0.866. The molecule has 2 N–H and O–H groups in total. The van der Waals surface area contributed by atoms with Crippen molar-refractivity contribution in [3.63, 3.8) is 0 Å². The standard InChI is InChI=1S/C12H11F2N3O/c13-9-2-1-8(10(14)6-9)5-12(18)17-7-11-15-3-4-16-11/h1-4,6H,5,7H2,(H,15,16)(H,17,18). The molecule has 0 fully saturated rings. The number of carbonyl (C=O) groups excluding carboxylic acids is 1. The molecule has 0 aliphatic rings. The van der Waals surface area contributed by atoms with Crippen LogP contribution in [0.1, 0.15) is 11.4 Å². The maximum absolute atomic E-state index is 13.3. The molecule has 1 aromatic carbocycles. The summed E-state index contributed by atoms with van der Waals surface area (Å²) < 4.78 is 26.0. The van der Waals surface area contributed by atoms with Crippen molar-refractivity contribution in [3.05, 3.63) is 53.6 Å². The Morgan fingerprint density at radius 3 is 2.89 bits per heavy atom. The summed E-state index contributed by atoms with van der Waals surface area (Å²) in [7, 11) is 0. The van der Waals surface area contributed by atoms with Gasteiger partial charge in [0, 0.05) is 18.5 Å². The molecule has 0 saturated carbocycles. The van der Waals surface area contributed by atoms with Gasteiger partial charge >= 0.3 is 0 Å². The third-order valence-electron chi connectivity index (χ3n) is 2.37. The maximum atomic E-state index is 13.3. The molecule has 0 bridgehead atoms. The lowest BCUT2D eigenvalue weighted by Gasteiger charge is -2.04. The first kappa shape index (κ1) is 12.2. The van der Waals surface area contributed by atoms with Crippen LogP contribution in [0.25, 0.3) is 0 Å². The van der Waals surface area contributed by atoms with Gasteiger partial charge in [-0.2, -0.15) is 0 Å². The molecule has 1 amide bonds. The Bertz CT molecular complexity index is 540. The van der Waals surface area contributed by atoms with Crippen molar-refractivity contribution >= 4 is 5.91 Å². The largest absolute Gasteiger partial charge is 0.349 e. The highest BCUT2D eigenvalue weighted by Gasteiger charge is 2.09. The van der Waals surface area contributed by atoms with E-state index in [9.17, 15) is 13.6 Å². The molecule has 0 unspecified atom stereocenters. The minimum absolute atomic E-state index is 0.132. The predicted octanol–water partition coefficient (Wildman–Crippen LogP) is 1.55. The molecule has 1 aromatic heterocycles. The van der Waals surface area contributed by atoms with Crippen molar-refractivity contribution < 1.29 is 13.6 Å². The van der Waals surface area contributed by atoms with Gasteiger partial charge in [0.25, 0.3) is 0 Å². The second-order valence-electron chi connectivity index (χ2n) is 3.73. The van der Waals surface area contributed by atoms with E-state index in [-0.39, 0.29) is 24.4 Å². The van der Waals surface area contributed by atoms with Crippen LogP contribution in [0, 0.1) is 11.6 Å². The van der Waals surface area contributed by atoms with Crippen LogP contribution in [-0.4, -0.2) is 15.9 Å². The van der Waals surface area contributed by atoms with Gasteiger partial charge in [0.2, 0.25) is 5.91 Å². The van der Waals surface area contributed by atoms with Gasteiger partial charge in [-0.15, -0.1) is 0 Å². The topological polar surface area (TPSA) is 57.8 Å². The zero-order valence-electron chi connectivity index (χ0n) is 9.41. The SMILES string of the molecule is O=C(Cc1ccc(F)cc1F)NCc1ncc[nH]1. The van der Waals surface area contributed by atoms with E-state index in [1.54, 1.807) is 12.4 Å². The summed E-state index contributed by atoms with van der Waals surface area (Å²) in [6, 6.07) is 3.14. The van der Waals surface area contributed by atoms with Gasteiger partial charge in [0.1, 0.15) is 17.5 Å². The third kappa shape index (κ3) is 3.13. The highest BCUT2D eigenvalue weighted by atomic mass is 19.1. The second kappa shape index (κ2) is 5.39. The number of rotatable bonds is 4. The predicted molar refractivity (Wildman–Crippen MR) is 60.5 cm³/mol. The highest BCUT2D eigenvalue weighted by Crippen LogP contribution is 2.10. The number of nitrogens with zero attached hydrogens (tertiary/aromatic N) is 1. The van der Waals surface area contributed by atoms with E-state index in [1.165, 1.54) is 6.07 Å². The molecule has 4 nitrogen and oxygen atoms in total. The van der Waals surface area contributed by atoms with Crippen LogP contribution in [0.2, 0.25) is 0 Å². The first-order chi connectivity index (χ1) is 8.65. The minimum atomic E-state index is -0.719. The molecule has 0 atom stereocenters. The van der Waals surface area contributed by atoms with E-state index >= 15 is 0 Å². The lowest BCUT2D eigenvalue weighted by Crippen LogP contribution is -2.25. The molecular formula is C12H11F2N3O. The summed E-state index contributed by atoms with van der Waals surface area (Å²) >= 11 is 0. The highest BCUT2D eigenvalue weighted by molar-refractivity contribution is 5.78. The second-order valence-corrected chi connectivity index (χ2v) is 3.73. The van der Waals surface area contributed by atoms with Crippen molar-refractivity contribution in [2.45, 2.75) is 13.0 Å². The fourth-order valence-corrected chi connectivity index (χ4v) is 1.48. The van der Waals surface area contributed by atoms with E-state index in [4.69, 9.17) is 0 Å². The zero-order valence-corrected chi connectivity index (χ0v) is 9.41. The number of H-pyrrole nitrogens is 1. The van der Waals surface area contributed by atoms with Gasteiger partial charge in [-0.3, -0.25) is 4.79 Å². The number of hydrogen-bond donors (Lipinski definition) is 2. The van der Waals surface area contributed by atoms with E-state index in [1.807, 2.05) is 0 Å². The molecule has 2 rings (SSSR count). The Morgan fingerprint density at radius 2 is 2.22 bits per heavy atom. The number of hydrogen-bond acceptors (Lipinski definition) is 2. The van der Waals surface area contributed by atoms with E-state index < -0.39 is 11.6 Å². The number of halogens is 2. The molecule has 0 spiro atoms. The monoisotopic (exact) mass is 251 g/mol. The molecule has 0 radical (unpaired) electrons. The van der Waals surface area contributed by atoms with Gasteiger partial charge < -0.3 is 10.3 Å². The normalized spacial score (nSPS) is 10.3. The van der Waals surface area contributed by atoms with Gasteiger partial charge in [-0.05, 0) is 11.6 Å². The summed E-state index contributed by atoms with van der Waals surface area (Å²) in [5.41, 5.74) is 0.161. The molecule has 6 heteroatoms. The summed E-state index contributed by atoms with van der Waals surface area (Å²) in [4.78, 5) is 18.3. The number of carbonyl (C=O) groups is 1. The van der Waals surface area contributed by atoms with Crippen LogP contribution in [0.15, 0.2) is 30.6 Å². The van der Waals surface area contributed by atoms with E-state index in [0.29, 0.717) is 5.82 Å². The number of imidazole rings is 1. The van der Waals surface area contributed by atoms with Crippen LogP contribution >= 0.6 is 0 Å². The molecule has 0 saturated heterocycles. The van der Waals surface area contributed by atoms with Gasteiger partial charge in [-0.1, -0.05) is 6.07 Å². The molecule has 2 aromatic rings. The Morgan fingerprint density at radius 1 is 1.39 bits per heavy atom. The number of aromatic nitrogens is 2. The van der Waals surface area contributed by atoms with Crippen molar-refractivity contribution in [3.8, 4) is 0 Å². The molecule has 1 heterocycles. The first-order valence-electron chi connectivity index (χ1n) is 5.34. The third-order valence-corrected chi connectivity index (χ3v) is 2.37. The summed E-state index contributed by atoms with van der Waals surface area (Å²) in [5, 5.41) is 2.58. The van der Waals surface area contributed by atoms with E-state index in [2.05, 4.69) is 15.3 Å². The first-order valence-corrected chi connectivity index (χ1v) is 5.34. The number of nitrogens with one attached hydrogen (secondary N) is 2. The molecule has 18 heavy (non-hydrogen) atoms. The van der Waals surface area contributed by atoms with Crippen LogP contribution < -0.4 is 5.32 Å². The Labute approximate surface area is 102 Å². The average Bonchev–Trinajstić information content (AvgIpc) is 2.83. The summed E-state index contributed by atoms with van der Waals surface area (Å²) in [6.07, 6.45) is 3.08. The summed E-state index contributed by atoms with van der Waals surface area (Å²) in [5.74, 6) is -1.12. The summed E-state index contributed by atoms with van der Waals surface area (Å²) in [6.45, 7) is 0.245. The van der Waals surface area contributed by atoms with Crippen LogP contribution in [0.3, 0.4) is 0 Å². The van der Waals surface area contributed by atoms with Crippen LogP contribution in [0.4, 0.5) is 8.78 Å². The zero-order chi connectivity index (χ0) is 13.0. The Balaban J connectivity index is 1.91. The van der Waals surface area contributed by atoms with Crippen LogP contribution in [-0.2, 0) is 17.8 Å². The average molecular weight is 251 g/mol. The molecule has 0 aliphatic carbocycles. The minimum Gasteiger partial charge on any atom is -0.349 e. The van der Waals surface area contributed by atoms with Gasteiger partial charge in [-0.25, -0.2) is 13.8 Å². The van der Waals surface area contributed by atoms with E-state index in [0.717, 1.165) is 12.1 Å².